The van der Waals surface area contributed by atoms with Gasteiger partial charge in [0.1, 0.15) is 5.75 Å². The first-order valence-electron chi connectivity index (χ1n) is 6.13. The third-order valence-electron chi connectivity index (χ3n) is 3.27. The van der Waals surface area contributed by atoms with Crippen LogP contribution in [-0.4, -0.2) is 41.6 Å². The Morgan fingerprint density at radius 2 is 2.39 bits per heavy atom. The fourth-order valence-electron chi connectivity index (χ4n) is 2.31. The van der Waals surface area contributed by atoms with E-state index in [-0.39, 0.29) is 17.7 Å². The molecular weight excluding hydrogens is 296 g/mol. The van der Waals surface area contributed by atoms with Crippen LogP contribution in [0.2, 0.25) is 0 Å². The van der Waals surface area contributed by atoms with Crippen molar-refractivity contribution in [2.45, 2.75) is 19.4 Å². The molecule has 1 saturated heterocycles. The zero-order valence-electron chi connectivity index (χ0n) is 10.3. The molecule has 2 N–H and O–H groups in total. The fourth-order valence-corrected chi connectivity index (χ4v) is 2.67. The van der Waals surface area contributed by atoms with Crippen molar-refractivity contribution >= 4 is 21.8 Å². The predicted octanol–water partition coefficient (Wildman–Crippen LogP) is 1.98. The zero-order chi connectivity index (χ0) is 13.1. The molecule has 1 aliphatic heterocycles. The van der Waals surface area contributed by atoms with Crippen LogP contribution in [0.15, 0.2) is 22.7 Å². The molecule has 98 valence electrons. The van der Waals surface area contributed by atoms with Gasteiger partial charge in [-0.2, -0.15) is 0 Å². The van der Waals surface area contributed by atoms with Gasteiger partial charge in [-0.3, -0.25) is 4.79 Å². The highest BCUT2D eigenvalue weighted by Crippen LogP contribution is 2.24. The largest absolute Gasteiger partial charge is 0.507 e. The monoisotopic (exact) mass is 312 g/mol. The second kappa shape index (κ2) is 5.71. The molecule has 1 aromatic rings. The normalized spacial score (nSPS) is 18.9. The van der Waals surface area contributed by atoms with Crippen LogP contribution in [0, 0.1) is 0 Å². The van der Waals surface area contributed by atoms with E-state index in [1.54, 1.807) is 12.1 Å². The summed E-state index contributed by atoms with van der Waals surface area (Å²) in [5, 5.41) is 13.1. The van der Waals surface area contributed by atoms with Crippen LogP contribution in [-0.2, 0) is 0 Å². The SMILES string of the molecule is CCN(C(=O)c1cc(Br)ccc1O)C1CCNC1. The van der Waals surface area contributed by atoms with Gasteiger partial charge in [0, 0.05) is 23.6 Å². The summed E-state index contributed by atoms with van der Waals surface area (Å²) in [6.45, 7) is 4.38. The van der Waals surface area contributed by atoms with Gasteiger partial charge in [-0.15, -0.1) is 0 Å². The number of amides is 1. The van der Waals surface area contributed by atoms with Crippen molar-refractivity contribution in [3.8, 4) is 5.75 Å². The number of carbonyl (C=O) groups excluding carboxylic acids is 1. The van der Waals surface area contributed by atoms with E-state index in [1.165, 1.54) is 6.07 Å². The van der Waals surface area contributed by atoms with Crippen molar-refractivity contribution in [2.24, 2.45) is 0 Å². The van der Waals surface area contributed by atoms with E-state index >= 15 is 0 Å². The molecule has 0 saturated carbocycles. The van der Waals surface area contributed by atoms with Crippen LogP contribution < -0.4 is 5.32 Å². The Hall–Kier alpha value is -1.07. The van der Waals surface area contributed by atoms with E-state index in [9.17, 15) is 9.90 Å². The Labute approximate surface area is 115 Å². The summed E-state index contributed by atoms with van der Waals surface area (Å²) < 4.78 is 0.796. The van der Waals surface area contributed by atoms with Gasteiger partial charge in [-0.25, -0.2) is 0 Å². The number of aromatic hydroxyl groups is 1. The minimum atomic E-state index is -0.106. The molecule has 0 spiro atoms. The zero-order valence-corrected chi connectivity index (χ0v) is 11.9. The highest BCUT2D eigenvalue weighted by molar-refractivity contribution is 9.10. The van der Waals surface area contributed by atoms with Crippen molar-refractivity contribution in [1.29, 1.82) is 0 Å². The molecule has 1 unspecified atom stereocenters. The Balaban J connectivity index is 2.25. The van der Waals surface area contributed by atoms with E-state index in [4.69, 9.17) is 0 Å². The van der Waals surface area contributed by atoms with Gasteiger partial charge < -0.3 is 15.3 Å². The highest BCUT2D eigenvalue weighted by atomic mass is 79.9. The molecule has 1 atom stereocenters. The number of likely N-dealkylation sites (N-methyl/N-ethyl adjacent to an activating group) is 1. The topological polar surface area (TPSA) is 52.6 Å². The fraction of sp³-hybridized carbons (Fsp3) is 0.462. The lowest BCUT2D eigenvalue weighted by molar-refractivity contribution is 0.0700. The minimum absolute atomic E-state index is 0.0348. The number of carbonyl (C=O) groups is 1. The number of nitrogens with zero attached hydrogens (tertiary/aromatic N) is 1. The number of rotatable bonds is 3. The lowest BCUT2D eigenvalue weighted by atomic mass is 10.1. The molecular formula is C13H17BrN2O2. The van der Waals surface area contributed by atoms with E-state index in [1.807, 2.05) is 11.8 Å². The third-order valence-corrected chi connectivity index (χ3v) is 3.76. The quantitative estimate of drug-likeness (QED) is 0.897. The van der Waals surface area contributed by atoms with Gasteiger partial charge in [0.2, 0.25) is 0 Å². The summed E-state index contributed by atoms with van der Waals surface area (Å²) in [7, 11) is 0. The van der Waals surface area contributed by atoms with Crippen LogP contribution in [0.3, 0.4) is 0 Å². The van der Waals surface area contributed by atoms with Crippen LogP contribution in [0.5, 0.6) is 5.75 Å². The summed E-state index contributed by atoms with van der Waals surface area (Å²) >= 11 is 3.32. The van der Waals surface area contributed by atoms with Gasteiger partial charge in [-0.05, 0) is 38.1 Å². The van der Waals surface area contributed by atoms with Crippen LogP contribution in [0.4, 0.5) is 0 Å². The average molecular weight is 313 g/mol. The Morgan fingerprint density at radius 1 is 1.61 bits per heavy atom. The van der Waals surface area contributed by atoms with E-state index < -0.39 is 0 Å². The maximum atomic E-state index is 12.5. The standard InChI is InChI=1S/C13H17BrN2O2/c1-2-16(10-5-6-15-8-10)13(18)11-7-9(14)3-4-12(11)17/h3-4,7,10,15,17H,2,5-6,8H2,1H3. The molecule has 0 radical (unpaired) electrons. The summed E-state index contributed by atoms with van der Waals surface area (Å²) in [5.41, 5.74) is 0.359. The second-order valence-electron chi connectivity index (χ2n) is 4.40. The molecule has 1 heterocycles. The van der Waals surface area contributed by atoms with Crippen molar-refractivity contribution in [2.75, 3.05) is 19.6 Å². The van der Waals surface area contributed by atoms with Gasteiger partial charge in [0.05, 0.1) is 5.56 Å². The Morgan fingerprint density at radius 3 is 3.00 bits per heavy atom. The molecule has 1 amide bonds. The lowest BCUT2D eigenvalue weighted by Gasteiger charge is -2.27. The molecule has 1 fully saturated rings. The third kappa shape index (κ3) is 2.67. The molecule has 2 rings (SSSR count). The summed E-state index contributed by atoms with van der Waals surface area (Å²) in [5.74, 6) is -0.0717. The molecule has 4 nitrogen and oxygen atoms in total. The van der Waals surface area contributed by atoms with Crippen LogP contribution in [0.1, 0.15) is 23.7 Å². The lowest BCUT2D eigenvalue weighted by Crippen LogP contribution is -2.41. The number of hydrogen-bond donors (Lipinski definition) is 2. The first kappa shape index (κ1) is 13.4. The summed E-state index contributed by atoms with van der Waals surface area (Å²) in [6.07, 6.45) is 0.967. The number of nitrogens with one attached hydrogen (secondary N) is 1. The minimum Gasteiger partial charge on any atom is -0.507 e. The van der Waals surface area contributed by atoms with Gasteiger partial charge in [-0.1, -0.05) is 15.9 Å². The Kier molecular flexibility index (Phi) is 4.24. The first-order chi connectivity index (χ1) is 8.63. The molecule has 0 aliphatic carbocycles. The van der Waals surface area contributed by atoms with Crippen molar-refractivity contribution < 1.29 is 9.90 Å². The molecule has 0 aromatic heterocycles. The number of benzene rings is 1. The number of phenolic OH excluding ortho intramolecular Hbond substituents is 1. The van der Waals surface area contributed by atoms with Crippen molar-refractivity contribution in [3.05, 3.63) is 28.2 Å². The first-order valence-corrected chi connectivity index (χ1v) is 6.93. The van der Waals surface area contributed by atoms with Crippen molar-refractivity contribution in [3.63, 3.8) is 0 Å². The number of halogens is 1. The molecule has 1 aromatic carbocycles. The second-order valence-corrected chi connectivity index (χ2v) is 5.31. The summed E-state index contributed by atoms with van der Waals surface area (Å²) in [4.78, 5) is 14.3. The van der Waals surface area contributed by atoms with Gasteiger partial charge >= 0.3 is 0 Å². The Bertz CT molecular complexity index is 445. The van der Waals surface area contributed by atoms with Crippen LogP contribution >= 0.6 is 15.9 Å². The van der Waals surface area contributed by atoms with Crippen molar-refractivity contribution in [1.82, 2.24) is 10.2 Å². The highest BCUT2D eigenvalue weighted by Gasteiger charge is 2.27. The average Bonchev–Trinajstić information content (AvgIpc) is 2.87. The van der Waals surface area contributed by atoms with Gasteiger partial charge in [0.15, 0.2) is 0 Å². The van der Waals surface area contributed by atoms with Gasteiger partial charge in [0.25, 0.3) is 5.91 Å². The van der Waals surface area contributed by atoms with E-state index in [0.29, 0.717) is 12.1 Å². The maximum absolute atomic E-state index is 12.5. The van der Waals surface area contributed by atoms with Crippen LogP contribution in [0.25, 0.3) is 0 Å². The molecule has 18 heavy (non-hydrogen) atoms. The van der Waals surface area contributed by atoms with E-state index in [0.717, 1.165) is 24.0 Å². The molecule has 5 heteroatoms. The molecule has 0 bridgehead atoms. The molecule has 1 aliphatic rings. The number of hydrogen-bond acceptors (Lipinski definition) is 3. The smallest absolute Gasteiger partial charge is 0.257 e. The summed E-state index contributed by atoms with van der Waals surface area (Å²) in [6, 6.07) is 5.15. The number of phenols is 1. The van der Waals surface area contributed by atoms with E-state index in [2.05, 4.69) is 21.2 Å². The maximum Gasteiger partial charge on any atom is 0.257 e. The predicted molar refractivity (Wildman–Crippen MR) is 73.8 cm³/mol.